The van der Waals surface area contributed by atoms with Crippen LogP contribution in [0.25, 0.3) is 0 Å². The zero-order valence-corrected chi connectivity index (χ0v) is 11.6. The van der Waals surface area contributed by atoms with Crippen LogP contribution in [0, 0.1) is 12.8 Å². The van der Waals surface area contributed by atoms with Gasteiger partial charge in [0.05, 0.1) is 6.42 Å². The molecule has 5 heteroatoms. The summed E-state index contributed by atoms with van der Waals surface area (Å²) in [7, 11) is 1.72. The van der Waals surface area contributed by atoms with Gasteiger partial charge in [-0.25, -0.2) is 0 Å². The molecular formula is C14H21N3O2. The third kappa shape index (κ3) is 4.28. The lowest BCUT2D eigenvalue weighted by Gasteiger charge is -2.21. The van der Waals surface area contributed by atoms with Crippen LogP contribution >= 0.6 is 0 Å². The van der Waals surface area contributed by atoms with Crippen LogP contribution in [-0.2, 0) is 11.2 Å². The molecule has 1 atom stereocenters. The number of nitrogens with zero attached hydrogens (tertiary/aromatic N) is 2. The van der Waals surface area contributed by atoms with Crippen LogP contribution in [0.1, 0.15) is 18.1 Å². The molecule has 3 N–H and O–H groups in total. The van der Waals surface area contributed by atoms with Crippen molar-refractivity contribution >= 4 is 11.7 Å². The number of carbonyl (C=O) groups excluding carboxylic acids is 1. The summed E-state index contributed by atoms with van der Waals surface area (Å²) in [6, 6.07) is 7.82. The first kappa shape index (κ1) is 15.0. The third-order valence-electron chi connectivity index (χ3n) is 3.20. The zero-order valence-electron chi connectivity index (χ0n) is 11.6. The van der Waals surface area contributed by atoms with Crippen molar-refractivity contribution in [1.29, 1.82) is 0 Å². The van der Waals surface area contributed by atoms with E-state index in [0.717, 1.165) is 11.1 Å². The minimum Gasteiger partial charge on any atom is -0.409 e. The topological polar surface area (TPSA) is 78.9 Å². The molecule has 1 unspecified atom stereocenters. The van der Waals surface area contributed by atoms with E-state index in [1.165, 1.54) is 0 Å². The molecule has 19 heavy (non-hydrogen) atoms. The van der Waals surface area contributed by atoms with Gasteiger partial charge in [0, 0.05) is 19.5 Å². The Morgan fingerprint density at radius 3 is 2.68 bits per heavy atom. The third-order valence-corrected chi connectivity index (χ3v) is 3.20. The van der Waals surface area contributed by atoms with Crippen molar-refractivity contribution in [2.75, 3.05) is 13.6 Å². The second-order valence-electron chi connectivity index (χ2n) is 4.80. The Kier molecular flexibility index (Phi) is 5.36. The molecule has 0 saturated carbocycles. The van der Waals surface area contributed by atoms with E-state index in [0.29, 0.717) is 13.0 Å². The van der Waals surface area contributed by atoms with Gasteiger partial charge in [0.1, 0.15) is 5.84 Å². The number of hydrogen-bond acceptors (Lipinski definition) is 3. The number of oxime groups is 1. The van der Waals surface area contributed by atoms with E-state index in [-0.39, 0.29) is 17.7 Å². The number of carbonyl (C=O) groups is 1. The Labute approximate surface area is 113 Å². The second-order valence-corrected chi connectivity index (χ2v) is 4.80. The van der Waals surface area contributed by atoms with Crippen LogP contribution in [-0.4, -0.2) is 35.4 Å². The van der Waals surface area contributed by atoms with Gasteiger partial charge in [-0.3, -0.25) is 4.79 Å². The number of benzene rings is 1. The van der Waals surface area contributed by atoms with E-state index in [1.807, 2.05) is 38.1 Å². The number of amides is 1. The summed E-state index contributed by atoms with van der Waals surface area (Å²) in [5.74, 6) is -0.0155. The number of likely N-dealkylation sites (N-methyl/N-ethyl adjacent to an activating group) is 1. The van der Waals surface area contributed by atoms with Crippen LogP contribution in [0.2, 0.25) is 0 Å². The maximum atomic E-state index is 12.1. The summed E-state index contributed by atoms with van der Waals surface area (Å²) in [4.78, 5) is 13.7. The Hall–Kier alpha value is -2.04. The SMILES string of the molecule is Cc1ccccc1CC(=O)N(C)CC(C)/C(N)=N/O. The standard InChI is InChI=1S/C14H21N3O2/c1-10-6-4-5-7-12(10)8-13(18)17(3)9-11(2)14(15)16-19/h4-7,11,19H,8-9H2,1-3H3,(H2,15,16). The maximum Gasteiger partial charge on any atom is 0.226 e. The number of amidine groups is 1. The molecule has 0 saturated heterocycles. The van der Waals surface area contributed by atoms with Gasteiger partial charge in [-0.05, 0) is 18.1 Å². The zero-order chi connectivity index (χ0) is 14.4. The van der Waals surface area contributed by atoms with Crippen molar-refractivity contribution in [3.63, 3.8) is 0 Å². The summed E-state index contributed by atoms with van der Waals surface area (Å²) < 4.78 is 0. The highest BCUT2D eigenvalue weighted by Crippen LogP contribution is 2.09. The fourth-order valence-electron chi connectivity index (χ4n) is 1.81. The van der Waals surface area contributed by atoms with Gasteiger partial charge in [0.25, 0.3) is 0 Å². The highest BCUT2D eigenvalue weighted by Gasteiger charge is 2.16. The largest absolute Gasteiger partial charge is 0.409 e. The van der Waals surface area contributed by atoms with Crippen molar-refractivity contribution < 1.29 is 10.0 Å². The smallest absolute Gasteiger partial charge is 0.226 e. The van der Waals surface area contributed by atoms with Gasteiger partial charge in [-0.15, -0.1) is 0 Å². The number of aryl methyl sites for hydroxylation is 1. The predicted molar refractivity (Wildman–Crippen MR) is 75.1 cm³/mol. The van der Waals surface area contributed by atoms with Gasteiger partial charge < -0.3 is 15.8 Å². The monoisotopic (exact) mass is 263 g/mol. The Morgan fingerprint density at radius 2 is 2.11 bits per heavy atom. The molecule has 0 aromatic heterocycles. The first-order valence-electron chi connectivity index (χ1n) is 6.21. The molecule has 0 fully saturated rings. The summed E-state index contributed by atoms with van der Waals surface area (Å²) in [6.07, 6.45) is 0.367. The average molecular weight is 263 g/mol. The van der Waals surface area contributed by atoms with Crippen LogP contribution < -0.4 is 5.73 Å². The normalized spacial score (nSPS) is 13.1. The fourth-order valence-corrected chi connectivity index (χ4v) is 1.81. The molecule has 0 aliphatic heterocycles. The van der Waals surface area contributed by atoms with Crippen molar-refractivity contribution in [3.8, 4) is 0 Å². The summed E-state index contributed by atoms with van der Waals surface area (Å²) >= 11 is 0. The van der Waals surface area contributed by atoms with Gasteiger partial charge in [0.2, 0.25) is 5.91 Å². The van der Waals surface area contributed by atoms with E-state index in [4.69, 9.17) is 10.9 Å². The van der Waals surface area contributed by atoms with Gasteiger partial charge in [0.15, 0.2) is 0 Å². The molecular weight excluding hydrogens is 242 g/mol. The van der Waals surface area contributed by atoms with Crippen molar-refractivity contribution in [1.82, 2.24) is 4.90 Å². The first-order valence-corrected chi connectivity index (χ1v) is 6.21. The Balaban J connectivity index is 2.61. The van der Waals surface area contributed by atoms with Gasteiger partial charge >= 0.3 is 0 Å². The van der Waals surface area contributed by atoms with Crippen molar-refractivity contribution in [2.45, 2.75) is 20.3 Å². The molecule has 0 aliphatic rings. The quantitative estimate of drug-likeness (QED) is 0.364. The van der Waals surface area contributed by atoms with E-state index in [1.54, 1.807) is 11.9 Å². The van der Waals surface area contributed by atoms with E-state index >= 15 is 0 Å². The molecule has 1 aromatic carbocycles. The van der Waals surface area contributed by atoms with E-state index in [9.17, 15) is 4.79 Å². The highest BCUT2D eigenvalue weighted by atomic mass is 16.4. The van der Waals surface area contributed by atoms with Crippen molar-refractivity contribution in [3.05, 3.63) is 35.4 Å². The highest BCUT2D eigenvalue weighted by molar-refractivity contribution is 5.83. The van der Waals surface area contributed by atoms with Gasteiger partial charge in [-0.2, -0.15) is 0 Å². The molecule has 5 nitrogen and oxygen atoms in total. The summed E-state index contributed by atoms with van der Waals surface area (Å²) in [5.41, 5.74) is 7.63. The summed E-state index contributed by atoms with van der Waals surface area (Å²) in [5, 5.41) is 11.5. The molecule has 0 spiro atoms. The molecule has 1 aromatic rings. The Bertz CT molecular complexity index is 472. The first-order chi connectivity index (χ1) is 8.95. The minimum atomic E-state index is -0.171. The average Bonchev–Trinajstić information content (AvgIpc) is 2.40. The minimum absolute atomic E-state index is 0.0203. The molecule has 104 valence electrons. The maximum absolute atomic E-state index is 12.1. The van der Waals surface area contributed by atoms with Crippen LogP contribution in [0.3, 0.4) is 0 Å². The lowest BCUT2D eigenvalue weighted by molar-refractivity contribution is -0.129. The Morgan fingerprint density at radius 1 is 1.47 bits per heavy atom. The molecule has 0 bridgehead atoms. The van der Waals surface area contributed by atoms with Crippen molar-refractivity contribution in [2.24, 2.45) is 16.8 Å². The lowest BCUT2D eigenvalue weighted by Crippen LogP contribution is -2.37. The molecule has 1 rings (SSSR count). The molecule has 1 amide bonds. The lowest BCUT2D eigenvalue weighted by atomic mass is 10.0. The predicted octanol–water partition coefficient (Wildman–Crippen LogP) is 1.38. The molecule has 0 heterocycles. The van der Waals surface area contributed by atoms with E-state index in [2.05, 4.69) is 5.16 Å². The number of hydrogen-bond donors (Lipinski definition) is 2. The van der Waals surface area contributed by atoms with Crippen LogP contribution in [0.4, 0.5) is 0 Å². The van der Waals surface area contributed by atoms with E-state index < -0.39 is 0 Å². The van der Waals surface area contributed by atoms with Crippen LogP contribution in [0.15, 0.2) is 29.4 Å². The molecule has 0 aliphatic carbocycles. The number of rotatable bonds is 5. The number of nitrogens with two attached hydrogens (primary N) is 1. The van der Waals surface area contributed by atoms with Gasteiger partial charge in [-0.1, -0.05) is 36.3 Å². The molecule has 0 radical (unpaired) electrons. The van der Waals surface area contributed by atoms with Crippen LogP contribution in [0.5, 0.6) is 0 Å². The summed E-state index contributed by atoms with van der Waals surface area (Å²) in [6.45, 7) is 4.23. The fraction of sp³-hybridized carbons (Fsp3) is 0.429. The second kappa shape index (κ2) is 6.78.